The molecule has 11 atom stereocenters. The first-order valence-electron chi connectivity index (χ1n) is 38.2. The second kappa shape index (κ2) is 38.1. The van der Waals surface area contributed by atoms with E-state index in [-0.39, 0.29) is 96.5 Å². The van der Waals surface area contributed by atoms with Crippen LogP contribution in [0.5, 0.6) is 0 Å². The van der Waals surface area contributed by atoms with Crippen LogP contribution < -0.4 is 16.0 Å². The number of likely N-dealkylation sites (N-methyl/N-ethyl adjacent to an activating group) is 6. The van der Waals surface area contributed by atoms with Crippen LogP contribution >= 0.6 is 0 Å². The number of carbonyl (C=O) groups is 12. The third-order valence-electron chi connectivity index (χ3n) is 22.7. The fourth-order valence-electron chi connectivity index (χ4n) is 15.9. The van der Waals surface area contributed by atoms with Crippen molar-refractivity contribution in [3.8, 4) is 0 Å². The molecule has 2 aromatic carbocycles. The SMILES string of the molecule is CCO[C@@H]1C[C@H]2C(=O)N[C@@]3(C)C/C=C\CCCC[C@@H](C(=O)N[C@@H]([C@@H](C)CC)C(=O)N(C)CC(=O)N(C)[C@H]4CCCCN(C4=O)[C@@H](Cc4ccc(C(F)(F)F)cc4)C(=O)N(C)CC(=O)N[C@@H](CCc4cc(F)c(C(F)(F)F)c(F)c4)C(=O)N2C1)N(C)C(=O)C[C@@H](C(=O)N1CCOCC1)N(C)C(=O)[C@H](C1CCCC1)N(C)C3=O. The van der Waals surface area contributed by atoms with Gasteiger partial charge in [0.25, 0.3) is 0 Å². The Bertz CT molecular complexity index is 3720. The van der Waals surface area contributed by atoms with E-state index in [1.54, 1.807) is 32.9 Å². The number of nitrogens with zero attached hydrogens (tertiary/aromatic N) is 9. The van der Waals surface area contributed by atoms with Gasteiger partial charge in [0.05, 0.1) is 44.4 Å². The van der Waals surface area contributed by atoms with Crippen molar-refractivity contribution < 1.29 is 102 Å². The highest BCUT2D eigenvalue weighted by Crippen LogP contribution is 2.37. The monoisotopic (exact) mass is 1570 g/mol. The number of nitrogens with one attached hydrogen (secondary N) is 3. The van der Waals surface area contributed by atoms with E-state index in [1.807, 2.05) is 0 Å². The number of aryl methyl sites for hydroxylation is 1. The number of morpholine rings is 1. The summed E-state index contributed by atoms with van der Waals surface area (Å²) in [6.07, 6.45) is -6.83. The number of hydrogen-bond donors (Lipinski definition) is 3. The molecular formula is C77H106F8N12O14. The zero-order valence-corrected chi connectivity index (χ0v) is 64.8. The molecule has 0 unspecified atom stereocenters. The number of fused-ring (bicyclic) bond motifs is 10. The van der Waals surface area contributed by atoms with Gasteiger partial charge in [-0.3, -0.25) is 57.5 Å². The number of ether oxygens (including phenoxy) is 2. The Hall–Kier alpha value is -8.82. The molecule has 34 heteroatoms. The van der Waals surface area contributed by atoms with Crippen LogP contribution in [0.2, 0.25) is 0 Å². The van der Waals surface area contributed by atoms with E-state index < -0.39 is 222 Å². The van der Waals surface area contributed by atoms with Gasteiger partial charge < -0.3 is 69.5 Å². The molecule has 5 aliphatic heterocycles. The van der Waals surface area contributed by atoms with Crippen LogP contribution in [0.1, 0.15) is 153 Å². The maximum atomic E-state index is 15.9. The van der Waals surface area contributed by atoms with Crippen molar-refractivity contribution in [3.05, 3.63) is 82.4 Å². The maximum absolute atomic E-state index is 15.9. The van der Waals surface area contributed by atoms with E-state index in [9.17, 15) is 40.7 Å². The molecule has 0 aromatic heterocycles. The van der Waals surface area contributed by atoms with Crippen molar-refractivity contribution in [1.29, 1.82) is 0 Å². The summed E-state index contributed by atoms with van der Waals surface area (Å²) >= 11 is 0. The number of benzene rings is 2. The number of allylic oxidation sites excluding steroid dienone is 1. The normalized spacial score (nSPS) is 27.7. The zero-order chi connectivity index (χ0) is 81.7. The van der Waals surface area contributed by atoms with Crippen LogP contribution in [-0.4, -0.2) is 276 Å². The lowest BCUT2D eigenvalue weighted by Gasteiger charge is -2.42. The predicted molar refractivity (Wildman–Crippen MR) is 387 cm³/mol. The standard InChI is InChI=1S/C77H106F8N12O14/c1-11-46(3)64-72(107)90(6)45-62(100)92(8)56-25-19-21-33-96(71(56)106)59(40-47-26-29-50(30-27-47)76(80,81)82)69(104)89(5)44-60(98)86-54(31-28-48-38-52(78)63(53(79)39-48)77(83,84)85)68(103)97-43-51(111-12-2)41-57(97)67(102)88-75(4)32-20-15-13-14-16-24-55(66(101)87-64)91(7)61(99)42-58(70(105)95-34-36-110-37-35-95)93(9)73(108)65(94(10)74(75)109)49-22-17-18-23-49/h15,20,26-27,29-30,38-39,46,49,51,54-59,64-65H,11-14,16-19,21-25,28,31-37,40-45H2,1-10H3,(H,86,98)(H,87,101)(H,88,102)/b20-15-/t46-,51+,54-,55-,56-,57-,58-,59-,64-,65-,75-/m0/s1. The molecule has 0 spiro atoms. The molecule has 2 aromatic rings. The van der Waals surface area contributed by atoms with Gasteiger partial charge in [0.2, 0.25) is 70.9 Å². The van der Waals surface area contributed by atoms with E-state index in [0.717, 1.165) is 60.7 Å². The Kier molecular flexibility index (Phi) is 30.1. The first kappa shape index (κ1) is 87.8. The van der Waals surface area contributed by atoms with Crippen LogP contribution in [0.4, 0.5) is 35.1 Å². The van der Waals surface area contributed by atoms with Crippen LogP contribution in [0.3, 0.4) is 0 Å². The topological polar surface area (TPSA) is 289 Å². The summed E-state index contributed by atoms with van der Waals surface area (Å²) in [7, 11) is 7.90. The zero-order valence-electron chi connectivity index (χ0n) is 64.8. The Balaban J connectivity index is 1.27. The first-order valence-corrected chi connectivity index (χ1v) is 38.2. The Morgan fingerprint density at radius 1 is 0.640 bits per heavy atom. The van der Waals surface area contributed by atoms with Gasteiger partial charge in [-0.05, 0) is 132 Å². The van der Waals surface area contributed by atoms with Gasteiger partial charge in [0.15, 0.2) is 0 Å². The number of hydrogen-bond acceptors (Lipinski definition) is 14. The van der Waals surface area contributed by atoms with Crippen LogP contribution in [0.15, 0.2) is 48.6 Å². The summed E-state index contributed by atoms with van der Waals surface area (Å²) in [5.41, 5.74) is -5.52. The number of amides is 12. The van der Waals surface area contributed by atoms with Gasteiger partial charge in [0, 0.05) is 87.9 Å². The van der Waals surface area contributed by atoms with Gasteiger partial charge in [-0.25, -0.2) is 8.78 Å². The molecule has 26 nitrogen and oxygen atoms in total. The van der Waals surface area contributed by atoms with Crippen LogP contribution in [0.25, 0.3) is 0 Å². The van der Waals surface area contributed by atoms with E-state index in [4.69, 9.17) is 9.47 Å². The minimum absolute atomic E-state index is 0.0145. The van der Waals surface area contributed by atoms with E-state index >= 15 is 51.9 Å². The quantitative estimate of drug-likeness (QED) is 0.181. The predicted octanol–water partition coefficient (Wildman–Crippen LogP) is 5.65. The average molecular weight is 1580 g/mol. The minimum Gasteiger partial charge on any atom is -0.378 e. The van der Waals surface area contributed by atoms with Crippen molar-refractivity contribution >= 4 is 70.9 Å². The number of alkyl halides is 6. The third-order valence-corrected chi connectivity index (χ3v) is 22.7. The fraction of sp³-hybridized carbons (Fsp3) is 0.662. The summed E-state index contributed by atoms with van der Waals surface area (Å²) in [4.78, 5) is 193. The minimum atomic E-state index is -5.47. The van der Waals surface area contributed by atoms with Crippen LogP contribution in [-0.2, 0) is 92.2 Å². The smallest absolute Gasteiger partial charge is 0.378 e. The second-order valence-electron chi connectivity index (χ2n) is 30.4. The van der Waals surface area contributed by atoms with E-state index in [2.05, 4.69) is 16.0 Å². The summed E-state index contributed by atoms with van der Waals surface area (Å²) in [5, 5.41) is 8.34. The molecule has 4 fully saturated rings. The molecule has 4 bridgehead atoms. The maximum Gasteiger partial charge on any atom is 0.422 e. The Morgan fingerprint density at radius 3 is 1.87 bits per heavy atom. The summed E-state index contributed by atoms with van der Waals surface area (Å²) in [6.45, 7) is 4.87. The largest absolute Gasteiger partial charge is 0.422 e. The number of rotatable bonds is 11. The molecular weight excluding hydrogens is 1470 g/mol. The van der Waals surface area contributed by atoms with Gasteiger partial charge in [-0.15, -0.1) is 0 Å². The lowest BCUT2D eigenvalue weighted by Crippen LogP contribution is -2.65. The second-order valence-corrected chi connectivity index (χ2v) is 30.4. The molecule has 614 valence electrons. The molecule has 6 aliphatic rings. The Morgan fingerprint density at radius 2 is 1.25 bits per heavy atom. The number of carbonyl (C=O) groups excluding carboxylic acids is 12. The van der Waals surface area contributed by atoms with Crippen LogP contribution in [0, 0.1) is 23.5 Å². The molecule has 111 heavy (non-hydrogen) atoms. The fourth-order valence-corrected chi connectivity index (χ4v) is 15.9. The summed E-state index contributed by atoms with van der Waals surface area (Å²) in [5.74, 6) is -15.2. The number of halogens is 8. The molecule has 3 saturated heterocycles. The molecule has 0 radical (unpaired) electrons. The molecule has 12 amide bonds. The molecule has 1 aliphatic carbocycles. The van der Waals surface area contributed by atoms with Gasteiger partial charge in [-0.1, -0.05) is 63.8 Å². The van der Waals surface area contributed by atoms with Gasteiger partial charge in [-0.2, -0.15) is 26.3 Å². The van der Waals surface area contributed by atoms with Crippen molar-refractivity contribution in [2.75, 3.05) is 101 Å². The molecule has 1 saturated carbocycles. The first-order chi connectivity index (χ1) is 52.3. The Labute approximate surface area is 641 Å². The summed E-state index contributed by atoms with van der Waals surface area (Å²) in [6, 6.07) is -7.36. The molecule has 8 rings (SSSR count). The van der Waals surface area contributed by atoms with Crippen molar-refractivity contribution in [1.82, 2.24) is 60.0 Å². The molecule has 3 N–H and O–H groups in total. The van der Waals surface area contributed by atoms with E-state index in [0.29, 0.717) is 57.1 Å². The lowest BCUT2D eigenvalue weighted by atomic mass is 9.89. The molecule has 5 heterocycles. The van der Waals surface area contributed by atoms with Crippen molar-refractivity contribution in [3.63, 3.8) is 0 Å². The van der Waals surface area contributed by atoms with Crippen molar-refractivity contribution in [2.45, 2.75) is 216 Å². The highest BCUT2D eigenvalue weighted by Gasteiger charge is 2.51. The van der Waals surface area contributed by atoms with E-state index in [1.165, 1.54) is 56.9 Å². The third kappa shape index (κ3) is 21.5. The highest BCUT2D eigenvalue weighted by atomic mass is 19.4. The highest BCUT2D eigenvalue weighted by molar-refractivity contribution is 6.01. The van der Waals surface area contributed by atoms with Crippen molar-refractivity contribution in [2.24, 2.45) is 11.8 Å². The average Bonchev–Trinajstić information content (AvgIpc) is 1.76. The van der Waals surface area contributed by atoms with Gasteiger partial charge >= 0.3 is 12.4 Å². The van der Waals surface area contributed by atoms with Gasteiger partial charge in [0.1, 0.15) is 71.1 Å². The summed E-state index contributed by atoms with van der Waals surface area (Å²) < 4.78 is 126. The lowest BCUT2D eigenvalue weighted by molar-refractivity contribution is -0.157.